The minimum absolute atomic E-state index is 0.110. The van der Waals surface area contributed by atoms with Crippen LogP contribution in [0.25, 0.3) is 77.5 Å². The second kappa shape index (κ2) is 14.1. The molecule has 11 aromatic rings. The number of rotatable bonds is 7. The van der Waals surface area contributed by atoms with Crippen molar-refractivity contribution in [3.8, 4) is 44.8 Å². The van der Waals surface area contributed by atoms with E-state index in [1.54, 1.807) is 0 Å². The zero-order valence-corrected chi connectivity index (χ0v) is 34.6. The molecule has 0 saturated heterocycles. The van der Waals surface area contributed by atoms with Crippen molar-refractivity contribution in [3.05, 3.63) is 230 Å². The Kier molecular flexibility index (Phi) is 8.16. The number of aromatic nitrogens is 3. The van der Waals surface area contributed by atoms with Gasteiger partial charge in [-0.1, -0.05) is 111 Å². The number of hydrogen-bond donors (Lipinski definition) is 0. The first-order valence-electron chi connectivity index (χ1n) is 21.4. The van der Waals surface area contributed by atoms with Crippen LogP contribution in [0.1, 0.15) is 25.0 Å². The molecule has 0 bridgehead atoms. The van der Waals surface area contributed by atoms with Gasteiger partial charge in [-0.05, 0) is 148 Å². The highest BCUT2D eigenvalue weighted by molar-refractivity contribution is 6.14. The average Bonchev–Trinajstić information content (AvgIpc) is 3.97. The molecule has 8 aromatic carbocycles. The molecule has 0 radical (unpaired) electrons. The molecule has 3 heterocycles. The summed E-state index contributed by atoms with van der Waals surface area (Å²) in [5.41, 5.74) is 19.1. The molecule has 4 nitrogen and oxygen atoms in total. The molecule has 0 amide bonds. The van der Waals surface area contributed by atoms with E-state index in [-0.39, 0.29) is 5.41 Å². The van der Waals surface area contributed by atoms with Crippen LogP contribution < -0.4 is 4.90 Å². The normalized spacial score (nSPS) is 12.8. The van der Waals surface area contributed by atoms with Gasteiger partial charge in [-0.15, -0.1) is 0 Å². The summed E-state index contributed by atoms with van der Waals surface area (Å²) in [4.78, 5) is 6.63. The highest BCUT2D eigenvalue weighted by Crippen LogP contribution is 2.51. The quantitative estimate of drug-likeness (QED) is 0.161. The van der Waals surface area contributed by atoms with Crippen LogP contribution in [-0.2, 0) is 5.41 Å². The number of para-hydroxylation sites is 2. The van der Waals surface area contributed by atoms with Crippen molar-refractivity contribution in [2.24, 2.45) is 0 Å². The lowest BCUT2D eigenvalue weighted by molar-refractivity contribution is 0.660. The zero-order valence-electron chi connectivity index (χ0n) is 34.6. The lowest BCUT2D eigenvalue weighted by atomic mass is 9.82. The maximum absolute atomic E-state index is 4.23. The molecule has 0 fully saturated rings. The van der Waals surface area contributed by atoms with Gasteiger partial charge in [0.05, 0.1) is 16.6 Å². The third-order valence-corrected chi connectivity index (χ3v) is 13.0. The number of nitrogens with zero attached hydrogens (tertiary/aromatic N) is 4. The predicted molar refractivity (Wildman–Crippen MR) is 259 cm³/mol. The van der Waals surface area contributed by atoms with Gasteiger partial charge in [0.1, 0.15) is 0 Å². The van der Waals surface area contributed by atoms with E-state index in [1.807, 2.05) is 12.4 Å². The Balaban J connectivity index is 0.979. The molecule has 0 atom stereocenters. The largest absolute Gasteiger partial charge is 0.317 e. The molecule has 3 aromatic heterocycles. The van der Waals surface area contributed by atoms with Crippen LogP contribution in [0.5, 0.6) is 0 Å². The fourth-order valence-corrected chi connectivity index (χ4v) is 9.92. The van der Waals surface area contributed by atoms with Gasteiger partial charge in [-0.2, -0.15) is 0 Å². The topological polar surface area (TPSA) is 26.0 Å². The van der Waals surface area contributed by atoms with E-state index in [0.717, 1.165) is 39.6 Å². The van der Waals surface area contributed by atoms with Crippen molar-refractivity contribution in [1.82, 2.24) is 14.1 Å². The van der Waals surface area contributed by atoms with Crippen LogP contribution in [-0.4, -0.2) is 14.1 Å². The molecular weight excluding hydrogens is 753 g/mol. The molecule has 1 aliphatic rings. The maximum Gasteiger partial charge on any atom is 0.0548 e. The van der Waals surface area contributed by atoms with Crippen LogP contribution in [0.3, 0.4) is 0 Å². The van der Waals surface area contributed by atoms with Crippen molar-refractivity contribution in [1.29, 1.82) is 0 Å². The van der Waals surface area contributed by atoms with E-state index in [0.29, 0.717) is 0 Å². The summed E-state index contributed by atoms with van der Waals surface area (Å²) in [5.74, 6) is 0. The van der Waals surface area contributed by atoms with Crippen LogP contribution in [0.4, 0.5) is 17.1 Å². The first kappa shape index (κ1) is 35.9. The van der Waals surface area contributed by atoms with Crippen molar-refractivity contribution in [2.75, 3.05) is 4.90 Å². The Morgan fingerprint density at radius 2 is 1.00 bits per heavy atom. The summed E-state index contributed by atoms with van der Waals surface area (Å²) in [6.07, 6.45) is 5.88. The molecule has 0 saturated carbocycles. The van der Waals surface area contributed by atoms with E-state index in [1.165, 1.54) is 66.1 Å². The van der Waals surface area contributed by atoms with Gasteiger partial charge in [0.25, 0.3) is 0 Å². The van der Waals surface area contributed by atoms with E-state index < -0.39 is 0 Å². The fourth-order valence-electron chi connectivity index (χ4n) is 9.92. The molecule has 12 rings (SSSR count). The number of hydrogen-bond acceptors (Lipinski definition) is 2. The second-order valence-electron chi connectivity index (χ2n) is 16.9. The van der Waals surface area contributed by atoms with Gasteiger partial charge < -0.3 is 14.0 Å². The lowest BCUT2D eigenvalue weighted by Gasteiger charge is -2.28. The molecule has 0 aliphatic heterocycles. The van der Waals surface area contributed by atoms with Gasteiger partial charge >= 0.3 is 0 Å². The molecule has 294 valence electrons. The SMILES string of the molecule is CC1(C)c2ccccc2-c2ccc(N(c3ccc(-c4ccncc4)cc3)c3ccc(-c4ccc5c(c4)c4cc6c(ccn6-c6ccccc6)cc4n5-c4ccccc4)cc3)cc21. The zero-order chi connectivity index (χ0) is 41.4. The standard InChI is InChI=1S/C58H42N4/c1-58(2)53-16-10-9-15-49(53)50-27-26-48(37-54(50)58)61(46-22-17-39(18-23-46)41-29-32-59-33-30-41)47-24-19-40(20-25-47)42-21-28-55-51(35-42)52-38-56-43(31-34-60(56)44-11-5-3-6-12-44)36-57(52)62(55)45-13-7-4-8-14-45/h3-38H,1-2H3. The summed E-state index contributed by atoms with van der Waals surface area (Å²) < 4.78 is 4.70. The summed E-state index contributed by atoms with van der Waals surface area (Å²) in [6.45, 7) is 4.70. The Hall–Kier alpha value is -7.95. The maximum atomic E-state index is 4.23. The van der Waals surface area contributed by atoms with Gasteiger partial charge in [0.15, 0.2) is 0 Å². The summed E-state index contributed by atoms with van der Waals surface area (Å²) in [5, 5.41) is 3.67. The van der Waals surface area contributed by atoms with Crippen molar-refractivity contribution in [2.45, 2.75) is 19.3 Å². The Labute approximate surface area is 361 Å². The van der Waals surface area contributed by atoms with Crippen molar-refractivity contribution in [3.63, 3.8) is 0 Å². The summed E-state index contributed by atoms with van der Waals surface area (Å²) >= 11 is 0. The average molecular weight is 795 g/mol. The second-order valence-corrected chi connectivity index (χ2v) is 16.9. The highest BCUT2D eigenvalue weighted by Gasteiger charge is 2.35. The van der Waals surface area contributed by atoms with Crippen LogP contribution in [0, 0.1) is 0 Å². The van der Waals surface area contributed by atoms with E-state index in [9.17, 15) is 0 Å². The third-order valence-electron chi connectivity index (χ3n) is 13.0. The molecule has 0 unspecified atom stereocenters. The summed E-state index contributed by atoms with van der Waals surface area (Å²) in [6, 6.07) is 73.2. The fraction of sp³-hybridized carbons (Fsp3) is 0.0517. The Bertz CT molecular complexity index is 3450. The molecule has 1 aliphatic carbocycles. The molecule has 62 heavy (non-hydrogen) atoms. The molecular formula is C58H42N4. The first-order chi connectivity index (χ1) is 30.5. The monoisotopic (exact) mass is 794 g/mol. The van der Waals surface area contributed by atoms with E-state index in [4.69, 9.17) is 0 Å². The minimum atomic E-state index is -0.110. The van der Waals surface area contributed by atoms with Gasteiger partial charge in [-0.25, -0.2) is 0 Å². The van der Waals surface area contributed by atoms with E-state index >= 15 is 0 Å². The highest BCUT2D eigenvalue weighted by atomic mass is 15.1. The number of fused-ring (bicyclic) bond motifs is 7. The number of anilines is 3. The smallest absolute Gasteiger partial charge is 0.0548 e. The van der Waals surface area contributed by atoms with Crippen LogP contribution in [0.15, 0.2) is 219 Å². The van der Waals surface area contributed by atoms with Crippen LogP contribution in [0.2, 0.25) is 0 Å². The lowest BCUT2D eigenvalue weighted by Crippen LogP contribution is -2.16. The predicted octanol–water partition coefficient (Wildman–Crippen LogP) is 15.2. The van der Waals surface area contributed by atoms with E-state index in [2.05, 4.69) is 239 Å². The van der Waals surface area contributed by atoms with Gasteiger partial charge in [0.2, 0.25) is 0 Å². The molecule has 0 N–H and O–H groups in total. The van der Waals surface area contributed by atoms with Gasteiger partial charge in [-0.3, -0.25) is 4.98 Å². The van der Waals surface area contributed by atoms with Crippen LogP contribution >= 0.6 is 0 Å². The molecule has 0 spiro atoms. The third kappa shape index (κ3) is 5.72. The Morgan fingerprint density at radius 1 is 0.419 bits per heavy atom. The first-order valence-corrected chi connectivity index (χ1v) is 21.4. The molecule has 4 heteroatoms. The summed E-state index contributed by atoms with van der Waals surface area (Å²) in [7, 11) is 0. The minimum Gasteiger partial charge on any atom is -0.317 e. The Morgan fingerprint density at radius 3 is 1.73 bits per heavy atom. The number of benzene rings is 8. The van der Waals surface area contributed by atoms with Gasteiger partial charge in [0, 0.05) is 68.6 Å². The number of pyridine rings is 1. The van der Waals surface area contributed by atoms with Crippen molar-refractivity contribution < 1.29 is 0 Å². The van der Waals surface area contributed by atoms with Crippen molar-refractivity contribution >= 4 is 49.8 Å².